The molecule has 162 valence electrons. The number of aliphatic hydroxyl groups excluding tert-OH is 1. The van der Waals surface area contributed by atoms with Gasteiger partial charge < -0.3 is 19.9 Å². The van der Waals surface area contributed by atoms with Crippen LogP contribution in [0.15, 0.2) is 23.0 Å². The molecule has 0 bridgehead atoms. The first-order valence-corrected chi connectivity index (χ1v) is 11.2. The molecule has 0 spiro atoms. The maximum atomic E-state index is 13.3. The van der Waals surface area contributed by atoms with Crippen molar-refractivity contribution in [1.29, 1.82) is 0 Å². The number of fused-ring (bicyclic) bond motifs is 3. The van der Waals surface area contributed by atoms with Crippen LogP contribution in [0.3, 0.4) is 0 Å². The number of nitrogens with zero attached hydrogens (tertiary/aromatic N) is 2. The van der Waals surface area contributed by atoms with Gasteiger partial charge in [-0.3, -0.25) is 14.4 Å². The first kappa shape index (κ1) is 20.8. The third-order valence-electron chi connectivity index (χ3n) is 6.87. The van der Waals surface area contributed by atoms with Gasteiger partial charge in [0.2, 0.25) is 11.8 Å². The second-order valence-electron chi connectivity index (χ2n) is 8.55. The Bertz CT molecular complexity index is 935. The van der Waals surface area contributed by atoms with E-state index in [2.05, 4.69) is 11.4 Å². The molecule has 4 rings (SSSR count). The molecule has 4 atom stereocenters. The maximum absolute atomic E-state index is 13.3. The van der Waals surface area contributed by atoms with Gasteiger partial charge in [0.15, 0.2) is 0 Å². The Morgan fingerprint density at radius 3 is 2.70 bits per heavy atom. The van der Waals surface area contributed by atoms with Crippen LogP contribution in [0.2, 0.25) is 0 Å². The fourth-order valence-electron chi connectivity index (χ4n) is 5.46. The summed E-state index contributed by atoms with van der Waals surface area (Å²) in [5.74, 6) is -0.881. The number of allylic oxidation sites excluding steroid dienone is 2. The summed E-state index contributed by atoms with van der Waals surface area (Å²) in [6.45, 7) is 4.52. The summed E-state index contributed by atoms with van der Waals surface area (Å²) < 4.78 is 1.77. The SMILES string of the molecule is CCCNC(=O)[C@H]1[C@H](CO)[C@H]2Cn3c(ccc(C4=CCCC4)c3=O)[C@H]2N1C(=O)CC. The Morgan fingerprint density at radius 2 is 2.07 bits per heavy atom. The third kappa shape index (κ3) is 3.20. The standard InChI is InChI=1S/C23H31N3O4/c1-3-11-24-22(29)21-17(13-27)16-12-25-18(20(16)26(21)19(28)4-2)10-9-15(23(25)30)14-7-5-6-8-14/h7,9-10,16-17,20-21,27H,3-6,8,11-13H2,1-2H3,(H,24,29)/t16-,17-,20+,21-/m1/s1. The van der Waals surface area contributed by atoms with Crippen molar-refractivity contribution in [1.82, 2.24) is 14.8 Å². The Hall–Kier alpha value is -2.41. The Morgan fingerprint density at radius 1 is 1.27 bits per heavy atom. The van der Waals surface area contributed by atoms with Gasteiger partial charge >= 0.3 is 0 Å². The van der Waals surface area contributed by atoms with Crippen LogP contribution in [-0.4, -0.2) is 45.6 Å². The van der Waals surface area contributed by atoms with Gasteiger partial charge in [-0.15, -0.1) is 0 Å². The van der Waals surface area contributed by atoms with Crippen LogP contribution in [-0.2, 0) is 16.1 Å². The number of aromatic nitrogens is 1. The number of hydrogen-bond acceptors (Lipinski definition) is 4. The van der Waals surface area contributed by atoms with Crippen LogP contribution in [0.1, 0.15) is 63.3 Å². The van der Waals surface area contributed by atoms with Gasteiger partial charge in [-0.05, 0) is 43.4 Å². The summed E-state index contributed by atoms with van der Waals surface area (Å²) in [4.78, 5) is 40.8. The van der Waals surface area contributed by atoms with E-state index in [1.807, 2.05) is 19.1 Å². The molecule has 2 aliphatic heterocycles. The predicted molar refractivity (Wildman–Crippen MR) is 114 cm³/mol. The van der Waals surface area contributed by atoms with Crippen molar-refractivity contribution in [2.24, 2.45) is 11.8 Å². The molecule has 3 aliphatic rings. The van der Waals surface area contributed by atoms with Crippen molar-refractivity contribution < 1.29 is 14.7 Å². The molecule has 0 aromatic carbocycles. The Balaban J connectivity index is 1.76. The molecule has 0 unspecified atom stereocenters. The maximum Gasteiger partial charge on any atom is 0.258 e. The minimum absolute atomic E-state index is 0.0254. The summed E-state index contributed by atoms with van der Waals surface area (Å²) >= 11 is 0. The molecule has 3 heterocycles. The highest BCUT2D eigenvalue weighted by Crippen LogP contribution is 2.49. The molecule has 0 saturated carbocycles. The number of pyridine rings is 1. The van der Waals surface area contributed by atoms with E-state index in [0.29, 0.717) is 13.1 Å². The fraction of sp³-hybridized carbons (Fsp3) is 0.609. The van der Waals surface area contributed by atoms with Crippen LogP contribution in [0.5, 0.6) is 0 Å². The van der Waals surface area contributed by atoms with E-state index in [9.17, 15) is 19.5 Å². The third-order valence-corrected chi connectivity index (χ3v) is 6.87. The van der Waals surface area contributed by atoms with Gasteiger partial charge in [0.1, 0.15) is 6.04 Å². The highest BCUT2D eigenvalue weighted by Gasteiger charge is 2.56. The molecule has 1 fully saturated rings. The number of nitrogens with one attached hydrogen (secondary N) is 1. The number of carbonyl (C=O) groups is 2. The predicted octanol–water partition coefficient (Wildman–Crippen LogP) is 1.84. The average Bonchev–Trinajstić information content (AvgIpc) is 3.46. The van der Waals surface area contributed by atoms with Crippen LogP contribution in [0.25, 0.3) is 5.57 Å². The summed E-state index contributed by atoms with van der Waals surface area (Å²) in [6, 6.07) is 2.76. The van der Waals surface area contributed by atoms with E-state index < -0.39 is 12.0 Å². The Labute approximate surface area is 176 Å². The van der Waals surface area contributed by atoms with Crippen LogP contribution in [0.4, 0.5) is 0 Å². The van der Waals surface area contributed by atoms with E-state index in [1.165, 1.54) is 0 Å². The molecule has 0 radical (unpaired) electrons. The lowest BCUT2D eigenvalue weighted by Crippen LogP contribution is -2.50. The largest absolute Gasteiger partial charge is 0.396 e. The lowest BCUT2D eigenvalue weighted by molar-refractivity contribution is -0.141. The topological polar surface area (TPSA) is 91.6 Å². The highest BCUT2D eigenvalue weighted by atomic mass is 16.3. The van der Waals surface area contributed by atoms with E-state index in [0.717, 1.165) is 42.5 Å². The van der Waals surface area contributed by atoms with Crippen molar-refractivity contribution in [3.63, 3.8) is 0 Å². The fourth-order valence-corrected chi connectivity index (χ4v) is 5.46. The van der Waals surface area contributed by atoms with Crippen LogP contribution in [0, 0.1) is 11.8 Å². The summed E-state index contributed by atoms with van der Waals surface area (Å²) in [5, 5.41) is 13.1. The van der Waals surface area contributed by atoms with Crippen molar-refractivity contribution in [3.05, 3.63) is 39.8 Å². The number of likely N-dealkylation sites (tertiary alicyclic amines) is 1. The van der Waals surface area contributed by atoms with Crippen LogP contribution >= 0.6 is 0 Å². The molecular weight excluding hydrogens is 382 g/mol. The average molecular weight is 414 g/mol. The van der Waals surface area contributed by atoms with E-state index in [-0.39, 0.29) is 42.4 Å². The molecule has 1 aromatic rings. The van der Waals surface area contributed by atoms with Crippen molar-refractivity contribution in [2.75, 3.05) is 13.2 Å². The zero-order valence-corrected chi connectivity index (χ0v) is 17.8. The van der Waals surface area contributed by atoms with Crippen molar-refractivity contribution >= 4 is 17.4 Å². The normalized spacial score (nSPS) is 27.0. The van der Waals surface area contributed by atoms with Gasteiger partial charge in [0.25, 0.3) is 5.56 Å². The summed E-state index contributed by atoms with van der Waals surface area (Å²) in [6.07, 6.45) is 6.20. The molecule has 1 saturated heterocycles. The molecule has 7 nitrogen and oxygen atoms in total. The molecule has 2 N–H and O–H groups in total. The first-order chi connectivity index (χ1) is 14.5. The monoisotopic (exact) mass is 413 g/mol. The molecule has 1 aromatic heterocycles. The Kier molecular flexibility index (Phi) is 5.82. The number of carbonyl (C=O) groups excluding carboxylic acids is 2. The molecule has 1 aliphatic carbocycles. The van der Waals surface area contributed by atoms with E-state index in [4.69, 9.17) is 0 Å². The number of amides is 2. The number of hydrogen-bond donors (Lipinski definition) is 2. The van der Waals surface area contributed by atoms with E-state index in [1.54, 1.807) is 16.4 Å². The lowest BCUT2D eigenvalue weighted by atomic mass is 9.88. The zero-order chi connectivity index (χ0) is 21.4. The van der Waals surface area contributed by atoms with Gasteiger partial charge in [-0.1, -0.05) is 19.9 Å². The quantitative estimate of drug-likeness (QED) is 0.745. The minimum atomic E-state index is -0.704. The summed E-state index contributed by atoms with van der Waals surface area (Å²) in [5.41, 5.74) is 2.59. The summed E-state index contributed by atoms with van der Waals surface area (Å²) in [7, 11) is 0. The number of aliphatic hydroxyl groups is 1. The molecule has 30 heavy (non-hydrogen) atoms. The second-order valence-corrected chi connectivity index (χ2v) is 8.55. The molecule has 7 heteroatoms. The first-order valence-electron chi connectivity index (χ1n) is 11.2. The van der Waals surface area contributed by atoms with Gasteiger partial charge in [0.05, 0.1) is 6.04 Å². The van der Waals surface area contributed by atoms with Gasteiger partial charge in [-0.25, -0.2) is 0 Å². The molecular formula is C23H31N3O4. The smallest absolute Gasteiger partial charge is 0.258 e. The number of rotatable bonds is 6. The zero-order valence-electron chi connectivity index (χ0n) is 17.8. The second kappa shape index (κ2) is 8.38. The van der Waals surface area contributed by atoms with Crippen molar-refractivity contribution in [2.45, 2.75) is 64.6 Å². The van der Waals surface area contributed by atoms with Gasteiger partial charge in [0, 0.05) is 49.2 Å². The van der Waals surface area contributed by atoms with Crippen molar-refractivity contribution in [3.8, 4) is 0 Å². The van der Waals surface area contributed by atoms with Gasteiger partial charge in [-0.2, -0.15) is 0 Å². The van der Waals surface area contributed by atoms with Crippen LogP contribution < -0.4 is 10.9 Å². The lowest BCUT2D eigenvalue weighted by Gasteiger charge is -2.30. The molecule has 2 amide bonds. The van der Waals surface area contributed by atoms with E-state index >= 15 is 0 Å². The highest BCUT2D eigenvalue weighted by molar-refractivity contribution is 5.89. The minimum Gasteiger partial charge on any atom is -0.396 e.